The highest BCUT2D eigenvalue weighted by Crippen LogP contribution is 2.36. The van der Waals surface area contributed by atoms with Gasteiger partial charge in [0.2, 0.25) is 5.79 Å². The molecule has 2 heterocycles. The van der Waals surface area contributed by atoms with E-state index in [4.69, 9.17) is 9.47 Å². The molecule has 9 nitrogen and oxygen atoms in total. The first-order valence-corrected chi connectivity index (χ1v) is 8.99. The molecular formula is C17H29NO8. The quantitative estimate of drug-likeness (QED) is 0.334. The van der Waals surface area contributed by atoms with Gasteiger partial charge in [-0.05, 0) is 26.3 Å². The predicted molar refractivity (Wildman–Crippen MR) is 88.9 cm³/mol. The average Bonchev–Trinajstić information content (AvgIpc) is 3.05. The lowest BCUT2D eigenvalue weighted by Crippen LogP contribution is -2.58. The first kappa shape index (κ1) is 21.2. The van der Waals surface area contributed by atoms with Crippen LogP contribution >= 0.6 is 0 Å². The molecule has 5 unspecified atom stereocenters. The summed E-state index contributed by atoms with van der Waals surface area (Å²) in [5.74, 6) is -4.08. The molecule has 0 saturated carbocycles. The molecule has 0 aromatic carbocycles. The molecule has 0 aromatic rings. The van der Waals surface area contributed by atoms with Gasteiger partial charge in [0, 0.05) is 25.7 Å². The van der Waals surface area contributed by atoms with Crippen molar-refractivity contribution in [2.75, 3.05) is 13.2 Å². The second-order valence-corrected chi connectivity index (χ2v) is 7.25. The van der Waals surface area contributed by atoms with Crippen LogP contribution in [0.25, 0.3) is 0 Å². The van der Waals surface area contributed by atoms with Gasteiger partial charge in [-0.2, -0.15) is 0 Å². The highest BCUT2D eigenvalue weighted by atomic mass is 16.6. The lowest BCUT2D eigenvalue weighted by molar-refractivity contribution is -0.285. The van der Waals surface area contributed by atoms with Gasteiger partial charge in [0.25, 0.3) is 0 Å². The SMILES string of the molecule is CC(=O)C1(O)CC(O)C(C(C)O)C(C[C@H](O)COC(=O)[C@@H]2CCCN2)O1. The van der Waals surface area contributed by atoms with E-state index in [2.05, 4.69) is 5.32 Å². The van der Waals surface area contributed by atoms with Gasteiger partial charge in [0.05, 0.1) is 24.4 Å². The molecule has 5 N–H and O–H groups in total. The van der Waals surface area contributed by atoms with Gasteiger partial charge < -0.3 is 35.2 Å². The Morgan fingerprint density at radius 3 is 2.62 bits per heavy atom. The number of Topliss-reactive ketones (excluding diaryl/α,β-unsaturated/α-hetero) is 1. The third-order valence-electron chi connectivity index (χ3n) is 5.08. The Labute approximate surface area is 152 Å². The van der Waals surface area contributed by atoms with Crippen LogP contribution in [0.3, 0.4) is 0 Å². The lowest BCUT2D eigenvalue weighted by Gasteiger charge is -2.44. The van der Waals surface area contributed by atoms with Gasteiger partial charge >= 0.3 is 5.97 Å². The average molecular weight is 375 g/mol. The minimum absolute atomic E-state index is 0.117. The minimum atomic E-state index is -2.17. The Bertz CT molecular complexity index is 507. The van der Waals surface area contributed by atoms with Crippen molar-refractivity contribution in [3.63, 3.8) is 0 Å². The number of aliphatic hydroxyl groups excluding tert-OH is 3. The molecule has 9 heteroatoms. The monoisotopic (exact) mass is 375 g/mol. The van der Waals surface area contributed by atoms with Crippen LogP contribution in [0.5, 0.6) is 0 Å². The first-order chi connectivity index (χ1) is 12.1. The summed E-state index contributed by atoms with van der Waals surface area (Å²) in [7, 11) is 0. The van der Waals surface area contributed by atoms with E-state index in [1.165, 1.54) is 6.92 Å². The van der Waals surface area contributed by atoms with Crippen LogP contribution in [-0.4, -0.2) is 81.6 Å². The van der Waals surface area contributed by atoms with Crippen molar-refractivity contribution < 1.29 is 39.5 Å². The van der Waals surface area contributed by atoms with E-state index in [9.17, 15) is 30.0 Å². The Hall–Kier alpha value is -1.10. The predicted octanol–water partition coefficient (Wildman–Crippen LogP) is -1.54. The van der Waals surface area contributed by atoms with Crippen LogP contribution in [0.15, 0.2) is 0 Å². The summed E-state index contributed by atoms with van der Waals surface area (Å²) in [4.78, 5) is 23.5. The maximum atomic E-state index is 11.9. The lowest BCUT2D eigenvalue weighted by atomic mass is 9.81. The molecule has 2 aliphatic rings. The van der Waals surface area contributed by atoms with E-state index in [-0.39, 0.29) is 25.5 Å². The summed E-state index contributed by atoms with van der Waals surface area (Å²) in [5.41, 5.74) is 0. The Kier molecular flexibility index (Phi) is 7.12. The fourth-order valence-corrected chi connectivity index (χ4v) is 3.61. The molecular weight excluding hydrogens is 346 g/mol. The van der Waals surface area contributed by atoms with Gasteiger partial charge in [0.1, 0.15) is 12.6 Å². The van der Waals surface area contributed by atoms with Crippen molar-refractivity contribution in [3.05, 3.63) is 0 Å². The fourth-order valence-electron chi connectivity index (χ4n) is 3.61. The topological polar surface area (TPSA) is 146 Å². The highest BCUT2D eigenvalue weighted by molar-refractivity contribution is 5.83. The highest BCUT2D eigenvalue weighted by Gasteiger charge is 2.50. The summed E-state index contributed by atoms with van der Waals surface area (Å²) in [5, 5.41) is 43.6. The zero-order valence-electron chi connectivity index (χ0n) is 15.1. The van der Waals surface area contributed by atoms with Crippen LogP contribution in [-0.2, 0) is 19.1 Å². The number of nitrogens with one attached hydrogen (secondary N) is 1. The van der Waals surface area contributed by atoms with Crippen molar-refractivity contribution in [3.8, 4) is 0 Å². The summed E-state index contributed by atoms with van der Waals surface area (Å²) >= 11 is 0. The zero-order valence-corrected chi connectivity index (χ0v) is 15.1. The van der Waals surface area contributed by atoms with E-state index in [1.807, 2.05) is 0 Å². The normalized spacial score (nSPS) is 37.2. The van der Waals surface area contributed by atoms with Crippen molar-refractivity contribution >= 4 is 11.8 Å². The van der Waals surface area contributed by atoms with E-state index in [1.54, 1.807) is 0 Å². The van der Waals surface area contributed by atoms with Crippen LogP contribution < -0.4 is 5.32 Å². The molecule has 2 rings (SSSR count). The minimum Gasteiger partial charge on any atom is -0.462 e. The molecule has 2 aliphatic heterocycles. The molecule has 0 radical (unpaired) electrons. The number of hydrogen-bond acceptors (Lipinski definition) is 9. The van der Waals surface area contributed by atoms with Gasteiger partial charge in [-0.3, -0.25) is 9.59 Å². The van der Waals surface area contributed by atoms with E-state index in [0.29, 0.717) is 6.42 Å². The first-order valence-electron chi connectivity index (χ1n) is 8.99. The number of ether oxygens (including phenoxy) is 2. The van der Waals surface area contributed by atoms with E-state index < -0.39 is 47.9 Å². The second kappa shape index (κ2) is 8.73. The number of carbonyl (C=O) groups excluding carboxylic acids is 2. The molecule has 7 atom stereocenters. The Morgan fingerprint density at radius 2 is 2.08 bits per heavy atom. The number of esters is 1. The van der Waals surface area contributed by atoms with Crippen LogP contribution in [0, 0.1) is 5.92 Å². The van der Waals surface area contributed by atoms with Crippen LogP contribution in [0.1, 0.15) is 39.5 Å². The van der Waals surface area contributed by atoms with Crippen molar-refractivity contribution in [1.82, 2.24) is 5.32 Å². The zero-order chi connectivity index (χ0) is 19.5. The summed E-state index contributed by atoms with van der Waals surface area (Å²) < 4.78 is 10.5. The van der Waals surface area contributed by atoms with Gasteiger partial charge in [-0.25, -0.2) is 0 Å². The third-order valence-corrected chi connectivity index (χ3v) is 5.08. The largest absolute Gasteiger partial charge is 0.462 e. The molecule has 0 aliphatic carbocycles. The second-order valence-electron chi connectivity index (χ2n) is 7.25. The van der Waals surface area contributed by atoms with Crippen molar-refractivity contribution in [2.24, 2.45) is 5.92 Å². The molecule has 26 heavy (non-hydrogen) atoms. The van der Waals surface area contributed by atoms with Crippen molar-refractivity contribution in [1.29, 1.82) is 0 Å². The smallest absolute Gasteiger partial charge is 0.323 e. The van der Waals surface area contributed by atoms with Crippen molar-refractivity contribution in [2.45, 2.75) is 75.8 Å². The Balaban J connectivity index is 1.96. The maximum absolute atomic E-state index is 11.9. The number of ketones is 1. The molecule has 2 saturated heterocycles. The van der Waals surface area contributed by atoms with Crippen LogP contribution in [0.2, 0.25) is 0 Å². The van der Waals surface area contributed by atoms with Gasteiger partial charge in [0.15, 0.2) is 5.78 Å². The number of hydrogen-bond donors (Lipinski definition) is 5. The van der Waals surface area contributed by atoms with Crippen LogP contribution in [0.4, 0.5) is 0 Å². The molecule has 0 spiro atoms. The fraction of sp³-hybridized carbons (Fsp3) is 0.882. The standard InChI is InChI=1S/C17H29NO8/c1-9(19)15-13(22)7-17(24,10(2)20)26-14(15)6-11(21)8-25-16(23)12-4-3-5-18-12/h9,11-15,18-19,21-22,24H,3-8H2,1-2H3/t9?,11-,12-,13?,14?,15?,17?/m0/s1. The van der Waals surface area contributed by atoms with Gasteiger partial charge in [-0.1, -0.05) is 0 Å². The third kappa shape index (κ3) is 4.99. The van der Waals surface area contributed by atoms with Gasteiger partial charge in [-0.15, -0.1) is 0 Å². The molecule has 150 valence electrons. The van der Waals surface area contributed by atoms with E-state index in [0.717, 1.165) is 19.9 Å². The molecule has 0 bridgehead atoms. The number of aliphatic hydroxyl groups is 4. The maximum Gasteiger partial charge on any atom is 0.323 e. The summed E-state index contributed by atoms with van der Waals surface area (Å²) in [6.07, 6.45) is -3.18. The van der Waals surface area contributed by atoms with E-state index >= 15 is 0 Å². The Morgan fingerprint density at radius 1 is 1.38 bits per heavy atom. The molecule has 0 aromatic heterocycles. The molecule has 2 fully saturated rings. The number of carbonyl (C=O) groups is 2. The summed E-state index contributed by atoms with van der Waals surface area (Å²) in [6.45, 7) is 3.06. The summed E-state index contributed by atoms with van der Waals surface area (Å²) in [6, 6.07) is -0.372. The molecule has 0 amide bonds. The number of rotatable bonds is 7.